The first-order valence-corrected chi connectivity index (χ1v) is 6.79. The van der Waals surface area contributed by atoms with E-state index in [9.17, 15) is 0 Å². The molecule has 82 valence electrons. The monoisotopic (exact) mass is 379 g/mol. The van der Waals surface area contributed by atoms with Gasteiger partial charge in [-0.25, -0.2) is 0 Å². The third kappa shape index (κ3) is 3.89. The molecule has 0 bridgehead atoms. The third-order valence-corrected chi connectivity index (χ3v) is 3.84. The maximum absolute atomic E-state index is 6.15. The van der Waals surface area contributed by atoms with Gasteiger partial charge in [-0.3, -0.25) is 0 Å². The van der Waals surface area contributed by atoms with Crippen molar-refractivity contribution in [2.75, 3.05) is 0 Å². The lowest BCUT2D eigenvalue weighted by Crippen LogP contribution is -2.12. The first-order valence-electron chi connectivity index (χ1n) is 4.91. The molecule has 3 heteroatoms. The molecule has 15 heavy (non-hydrogen) atoms. The Morgan fingerprint density at radius 1 is 1.60 bits per heavy atom. The fourth-order valence-electron chi connectivity index (χ4n) is 1.36. The molecule has 2 N–H and O–H groups in total. The van der Waals surface area contributed by atoms with Gasteiger partial charge >= 0.3 is 0 Å². The Kier molecular flexibility index (Phi) is 5.29. The van der Waals surface area contributed by atoms with Crippen LogP contribution in [0.15, 0.2) is 34.8 Å². The SMILES string of the molecule is C=C(CC)CC(N)c1cc(Br)ccc1I. The number of halogens is 2. The van der Waals surface area contributed by atoms with Crippen molar-refractivity contribution in [2.45, 2.75) is 25.8 Å². The highest BCUT2D eigenvalue weighted by Crippen LogP contribution is 2.26. The fraction of sp³-hybridized carbons (Fsp3) is 0.333. The van der Waals surface area contributed by atoms with Crippen LogP contribution in [-0.2, 0) is 0 Å². The number of rotatable bonds is 4. The van der Waals surface area contributed by atoms with Crippen LogP contribution in [0.1, 0.15) is 31.4 Å². The van der Waals surface area contributed by atoms with Gasteiger partial charge in [0.15, 0.2) is 0 Å². The molecule has 1 aromatic rings. The molecule has 0 amide bonds. The van der Waals surface area contributed by atoms with Crippen LogP contribution in [0.4, 0.5) is 0 Å². The average Bonchev–Trinajstić information content (AvgIpc) is 2.21. The minimum atomic E-state index is 0.0573. The zero-order valence-corrected chi connectivity index (χ0v) is 12.5. The van der Waals surface area contributed by atoms with Crippen molar-refractivity contribution < 1.29 is 0 Å². The molecular weight excluding hydrogens is 365 g/mol. The van der Waals surface area contributed by atoms with E-state index in [1.807, 2.05) is 6.07 Å². The summed E-state index contributed by atoms with van der Waals surface area (Å²) in [4.78, 5) is 0. The van der Waals surface area contributed by atoms with Crippen LogP contribution < -0.4 is 5.73 Å². The summed E-state index contributed by atoms with van der Waals surface area (Å²) >= 11 is 5.79. The van der Waals surface area contributed by atoms with Gasteiger partial charge in [-0.15, -0.1) is 0 Å². The van der Waals surface area contributed by atoms with Gasteiger partial charge in [-0.05, 0) is 59.2 Å². The van der Waals surface area contributed by atoms with Crippen molar-refractivity contribution in [3.05, 3.63) is 44.0 Å². The lowest BCUT2D eigenvalue weighted by atomic mass is 9.99. The first-order chi connectivity index (χ1) is 7.04. The Balaban J connectivity index is 2.85. The van der Waals surface area contributed by atoms with Gasteiger partial charge in [0, 0.05) is 14.1 Å². The minimum absolute atomic E-state index is 0.0573. The standard InChI is InChI=1S/C12H15BrIN/c1-3-8(2)6-12(15)10-7-9(13)4-5-11(10)14/h4-5,7,12H,2-3,6,15H2,1H3. The highest BCUT2D eigenvalue weighted by molar-refractivity contribution is 14.1. The van der Waals surface area contributed by atoms with Gasteiger partial charge in [0.2, 0.25) is 0 Å². The van der Waals surface area contributed by atoms with E-state index in [4.69, 9.17) is 5.73 Å². The number of nitrogens with two attached hydrogens (primary N) is 1. The molecule has 1 atom stereocenters. The van der Waals surface area contributed by atoms with E-state index in [1.165, 1.54) is 14.7 Å². The number of hydrogen-bond acceptors (Lipinski definition) is 1. The van der Waals surface area contributed by atoms with Gasteiger partial charge in [-0.2, -0.15) is 0 Å². The predicted molar refractivity (Wildman–Crippen MR) is 77.8 cm³/mol. The second kappa shape index (κ2) is 6.01. The van der Waals surface area contributed by atoms with Crippen molar-refractivity contribution in [3.8, 4) is 0 Å². The lowest BCUT2D eigenvalue weighted by molar-refractivity contribution is 0.697. The first kappa shape index (κ1) is 13.2. The molecule has 0 aliphatic heterocycles. The molecule has 0 radical (unpaired) electrons. The summed E-state index contributed by atoms with van der Waals surface area (Å²) in [5, 5.41) is 0. The molecule has 1 rings (SSSR count). The van der Waals surface area contributed by atoms with Gasteiger partial charge in [0.1, 0.15) is 0 Å². The predicted octanol–water partition coefficient (Wildman–Crippen LogP) is 4.41. The van der Waals surface area contributed by atoms with Crippen LogP contribution in [0.3, 0.4) is 0 Å². The highest BCUT2D eigenvalue weighted by Gasteiger charge is 2.10. The zero-order chi connectivity index (χ0) is 11.4. The molecule has 0 heterocycles. The maximum Gasteiger partial charge on any atom is 0.0343 e. The maximum atomic E-state index is 6.15. The van der Waals surface area contributed by atoms with E-state index in [-0.39, 0.29) is 6.04 Å². The summed E-state index contributed by atoms with van der Waals surface area (Å²) < 4.78 is 2.29. The van der Waals surface area contributed by atoms with Crippen molar-refractivity contribution in [2.24, 2.45) is 5.73 Å². The third-order valence-electron chi connectivity index (χ3n) is 2.37. The van der Waals surface area contributed by atoms with Crippen molar-refractivity contribution in [3.63, 3.8) is 0 Å². The fourth-order valence-corrected chi connectivity index (χ4v) is 2.48. The van der Waals surface area contributed by atoms with E-state index >= 15 is 0 Å². The summed E-state index contributed by atoms with van der Waals surface area (Å²) in [6.07, 6.45) is 1.86. The Morgan fingerprint density at radius 3 is 2.87 bits per heavy atom. The molecular formula is C12H15BrIN. The van der Waals surface area contributed by atoms with E-state index < -0.39 is 0 Å². The van der Waals surface area contributed by atoms with E-state index in [1.54, 1.807) is 0 Å². The smallest absolute Gasteiger partial charge is 0.0343 e. The van der Waals surface area contributed by atoms with Gasteiger partial charge in [-0.1, -0.05) is 35.0 Å². The van der Waals surface area contributed by atoms with Crippen LogP contribution in [-0.4, -0.2) is 0 Å². The molecule has 0 aromatic heterocycles. The zero-order valence-electron chi connectivity index (χ0n) is 8.76. The van der Waals surface area contributed by atoms with E-state index in [2.05, 4.69) is 64.2 Å². The highest BCUT2D eigenvalue weighted by atomic mass is 127. The second-order valence-corrected chi connectivity index (χ2v) is 5.66. The van der Waals surface area contributed by atoms with Crippen LogP contribution in [0, 0.1) is 3.57 Å². The average molecular weight is 380 g/mol. The van der Waals surface area contributed by atoms with Crippen molar-refractivity contribution in [1.29, 1.82) is 0 Å². The minimum Gasteiger partial charge on any atom is -0.324 e. The molecule has 0 spiro atoms. The summed E-state index contributed by atoms with van der Waals surface area (Å²) in [7, 11) is 0. The van der Waals surface area contributed by atoms with Crippen molar-refractivity contribution >= 4 is 38.5 Å². The van der Waals surface area contributed by atoms with Gasteiger partial charge in [0.25, 0.3) is 0 Å². The van der Waals surface area contributed by atoms with Crippen LogP contribution in [0.5, 0.6) is 0 Å². The number of benzene rings is 1. The Labute approximate surface area is 113 Å². The van der Waals surface area contributed by atoms with E-state index in [0.29, 0.717) is 0 Å². The molecule has 0 saturated heterocycles. The molecule has 0 fully saturated rings. The summed E-state index contributed by atoms with van der Waals surface area (Å²) in [5.41, 5.74) is 8.56. The molecule has 0 aliphatic carbocycles. The van der Waals surface area contributed by atoms with Gasteiger partial charge in [0.05, 0.1) is 0 Å². The Bertz CT molecular complexity index is 363. The Morgan fingerprint density at radius 2 is 2.27 bits per heavy atom. The van der Waals surface area contributed by atoms with E-state index in [0.717, 1.165) is 17.3 Å². The molecule has 1 unspecified atom stereocenters. The quantitative estimate of drug-likeness (QED) is 0.608. The molecule has 0 saturated carbocycles. The molecule has 1 aromatic carbocycles. The summed E-state index contributed by atoms with van der Waals surface area (Å²) in [6.45, 7) is 6.11. The second-order valence-electron chi connectivity index (χ2n) is 3.58. The van der Waals surface area contributed by atoms with Crippen LogP contribution in [0.25, 0.3) is 0 Å². The molecule has 1 nitrogen and oxygen atoms in total. The lowest BCUT2D eigenvalue weighted by Gasteiger charge is -2.15. The molecule has 0 aliphatic rings. The van der Waals surface area contributed by atoms with Crippen LogP contribution >= 0.6 is 38.5 Å². The summed E-state index contributed by atoms with van der Waals surface area (Å²) in [5.74, 6) is 0. The normalized spacial score (nSPS) is 12.5. The summed E-state index contributed by atoms with van der Waals surface area (Å²) in [6, 6.07) is 6.26. The van der Waals surface area contributed by atoms with Crippen molar-refractivity contribution in [1.82, 2.24) is 0 Å². The topological polar surface area (TPSA) is 26.0 Å². The van der Waals surface area contributed by atoms with Gasteiger partial charge < -0.3 is 5.73 Å². The largest absolute Gasteiger partial charge is 0.324 e. The van der Waals surface area contributed by atoms with Crippen LogP contribution in [0.2, 0.25) is 0 Å². The number of hydrogen-bond donors (Lipinski definition) is 1. The Hall–Kier alpha value is 0.130.